The quantitative estimate of drug-likeness (QED) is 0.902. The number of pyridine rings is 1. The molecule has 5 nitrogen and oxygen atoms in total. The van der Waals surface area contributed by atoms with E-state index in [4.69, 9.17) is 5.11 Å². The number of nitrogens with one attached hydrogen (secondary N) is 1. The summed E-state index contributed by atoms with van der Waals surface area (Å²) in [5.74, 6) is -0.757. The van der Waals surface area contributed by atoms with Crippen LogP contribution < -0.4 is 4.72 Å². The minimum atomic E-state index is -3.93. The zero-order valence-electron chi connectivity index (χ0n) is 10.7. The van der Waals surface area contributed by atoms with E-state index in [2.05, 4.69) is 9.71 Å². The molecule has 0 saturated carbocycles. The highest BCUT2D eigenvalue weighted by Gasteiger charge is 2.19. The van der Waals surface area contributed by atoms with E-state index in [1.54, 1.807) is 13.0 Å². The van der Waals surface area contributed by atoms with Crippen LogP contribution in [0.5, 0.6) is 0 Å². The van der Waals surface area contributed by atoms with Gasteiger partial charge in [0.15, 0.2) is 5.82 Å². The van der Waals surface area contributed by atoms with Crippen LogP contribution >= 0.6 is 0 Å². The fourth-order valence-corrected chi connectivity index (χ4v) is 3.14. The molecule has 0 aliphatic heterocycles. The first-order valence-electron chi connectivity index (χ1n) is 5.77. The maximum Gasteiger partial charge on any atom is 0.262 e. The fraction of sp³-hybridized carbons (Fsp3) is 0.154. The first-order chi connectivity index (χ1) is 9.45. The lowest BCUT2D eigenvalue weighted by Crippen LogP contribution is -2.16. The molecule has 0 spiro atoms. The predicted octanol–water partition coefficient (Wildman–Crippen LogP) is 1.82. The van der Waals surface area contributed by atoms with Crippen LogP contribution in [0.15, 0.2) is 41.6 Å². The number of aliphatic hydroxyl groups excluding tert-OH is 1. The predicted molar refractivity (Wildman–Crippen MR) is 72.1 cm³/mol. The molecule has 106 valence electrons. The Morgan fingerprint density at radius 2 is 2.10 bits per heavy atom. The molecule has 0 aliphatic rings. The zero-order valence-corrected chi connectivity index (χ0v) is 11.5. The van der Waals surface area contributed by atoms with Crippen LogP contribution in [0.3, 0.4) is 0 Å². The minimum absolute atomic E-state index is 0.000243. The molecule has 2 rings (SSSR count). The highest BCUT2D eigenvalue weighted by molar-refractivity contribution is 7.92. The Bertz CT molecular complexity index is 732. The van der Waals surface area contributed by atoms with Gasteiger partial charge in [0.05, 0.1) is 23.4 Å². The monoisotopic (exact) mass is 296 g/mol. The summed E-state index contributed by atoms with van der Waals surface area (Å²) in [5, 5.41) is 9.16. The van der Waals surface area contributed by atoms with Crippen molar-refractivity contribution in [2.24, 2.45) is 0 Å². The number of hydrogen-bond acceptors (Lipinski definition) is 4. The molecule has 2 aromatic rings. The van der Waals surface area contributed by atoms with Gasteiger partial charge in [-0.1, -0.05) is 12.1 Å². The Balaban J connectivity index is 2.44. The smallest absolute Gasteiger partial charge is 0.262 e. The van der Waals surface area contributed by atoms with Crippen LogP contribution in [0.2, 0.25) is 0 Å². The number of anilines is 1. The molecule has 1 aromatic carbocycles. The number of aliphatic hydroxyl groups is 1. The van der Waals surface area contributed by atoms with Crippen molar-refractivity contribution in [3.63, 3.8) is 0 Å². The average molecular weight is 296 g/mol. The van der Waals surface area contributed by atoms with Gasteiger partial charge in [0.2, 0.25) is 0 Å². The van der Waals surface area contributed by atoms with Gasteiger partial charge in [-0.2, -0.15) is 0 Å². The number of halogens is 1. The lowest BCUT2D eigenvalue weighted by molar-refractivity contribution is 0.280. The Hall–Kier alpha value is -1.99. The summed E-state index contributed by atoms with van der Waals surface area (Å²) in [6.45, 7) is 1.32. The van der Waals surface area contributed by atoms with Gasteiger partial charge >= 0.3 is 0 Å². The molecule has 0 radical (unpaired) electrons. The second-order valence-electron chi connectivity index (χ2n) is 4.16. The van der Waals surface area contributed by atoms with Crippen molar-refractivity contribution in [1.29, 1.82) is 0 Å². The summed E-state index contributed by atoms with van der Waals surface area (Å²) in [7, 11) is -3.93. The molecule has 0 atom stereocenters. The summed E-state index contributed by atoms with van der Waals surface area (Å²) in [4.78, 5) is 3.55. The normalized spacial score (nSPS) is 11.3. The second kappa shape index (κ2) is 5.56. The molecule has 7 heteroatoms. The second-order valence-corrected chi connectivity index (χ2v) is 5.81. The van der Waals surface area contributed by atoms with Crippen molar-refractivity contribution >= 4 is 15.7 Å². The van der Waals surface area contributed by atoms with Crippen LogP contribution in [0, 0.1) is 12.7 Å². The number of hydrogen-bond donors (Lipinski definition) is 2. The molecule has 0 fully saturated rings. The van der Waals surface area contributed by atoms with E-state index >= 15 is 0 Å². The molecular formula is C13H13FN2O3S. The van der Waals surface area contributed by atoms with Gasteiger partial charge in [0, 0.05) is 6.20 Å². The molecule has 0 saturated heterocycles. The third kappa shape index (κ3) is 2.78. The van der Waals surface area contributed by atoms with Crippen LogP contribution in [0.25, 0.3) is 0 Å². The topological polar surface area (TPSA) is 79.3 Å². The Morgan fingerprint density at radius 1 is 1.35 bits per heavy atom. The molecule has 0 unspecified atom stereocenters. The average Bonchev–Trinajstić information content (AvgIpc) is 2.41. The number of rotatable bonds is 4. The van der Waals surface area contributed by atoms with E-state index in [0.29, 0.717) is 11.1 Å². The largest absolute Gasteiger partial charge is 0.392 e. The van der Waals surface area contributed by atoms with Crippen molar-refractivity contribution in [2.45, 2.75) is 18.4 Å². The maximum absolute atomic E-state index is 13.5. The van der Waals surface area contributed by atoms with Gasteiger partial charge in [-0.15, -0.1) is 0 Å². The van der Waals surface area contributed by atoms with Crippen molar-refractivity contribution in [3.05, 3.63) is 53.6 Å². The van der Waals surface area contributed by atoms with E-state index in [1.165, 1.54) is 24.4 Å². The summed E-state index contributed by atoms with van der Waals surface area (Å²) >= 11 is 0. The van der Waals surface area contributed by atoms with Crippen molar-refractivity contribution in [2.75, 3.05) is 4.72 Å². The lowest BCUT2D eigenvalue weighted by atomic mass is 10.1. The SMILES string of the molecule is Cc1c(CO)cccc1S(=O)(=O)Nc1ccncc1F. The highest BCUT2D eigenvalue weighted by atomic mass is 32.2. The first kappa shape index (κ1) is 14.4. The van der Waals surface area contributed by atoms with E-state index in [9.17, 15) is 12.8 Å². The highest BCUT2D eigenvalue weighted by Crippen LogP contribution is 2.22. The Kier molecular flexibility index (Phi) is 4.01. The van der Waals surface area contributed by atoms with Crippen molar-refractivity contribution < 1.29 is 17.9 Å². The third-order valence-corrected chi connectivity index (χ3v) is 4.38. The molecule has 1 aromatic heterocycles. The van der Waals surface area contributed by atoms with Crippen LogP contribution in [0.1, 0.15) is 11.1 Å². The first-order valence-corrected chi connectivity index (χ1v) is 7.25. The molecule has 0 amide bonds. The molecule has 2 N–H and O–H groups in total. The molecule has 20 heavy (non-hydrogen) atoms. The van der Waals surface area contributed by atoms with E-state index in [1.807, 2.05) is 0 Å². The van der Waals surface area contributed by atoms with E-state index in [0.717, 1.165) is 6.20 Å². The standard InChI is InChI=1S/C13H13FN2O3S/c1-9-10(8-17)3-2-4-13(9)20(18,19)16-12-5-6-15-7-11(12)14/h2-7,17H,8H2,1H3,(H,15,16). The number of nitrogens with zero attached hydrogens (tertiary/aromatic N) is 1. The van der Waals surface area contributed by atoms with Gasteiger partial charge in [-0.25, -0.2) is 12.8 Å². The number of benzene rings is 1. The molecule has 1 heterocycles. The fourth-order valence-electron chi connectivity index (χ4n) is 1.78. The summed E-state index contributed by atoms with van der Waals surface area (Å²) in [6, 6.07) is 5.78. The number of sulfonamides is 1. The summed E-state index contributed by atoms with van der Waals surface area (Å²) < 4.78 is 40.1. The minimum Gasteiger partial charge on any atom is -0.392 e. The molecule has 0 aliphatic carbocycles. The zero-order chi connectivity index (χ0) is 14.8. The van der Waals surface area contributed by atoms with Gasteiger partial charge in [-0.05, 0) is 30.2 Å². The van der Waals surface area contributed by atoms with Gasteiger partial charge < -0.3 is 5.11 Å². The van der Waals surface area contributed by atoms with Crippen molar-refractivity contribution in [3.8, 4) is 0 Å². The maximum atomic E-state index is 13.5. The van der Waals surface area contributed by atoms with Crippen molar-refractivity contribution in [1.82, 2.24) is 4.98 Å². The molecule has 0 bridgehead atoms. The molecular weight excluding hydrogens is 283 g/mol. The van der Waals surface area contributed by atoms with Gasteiger partial charge in [0.25, 0.3) is 10.0 Å². The van der Waals surface area contributed by atoms with Crippen LogP contribution in [-0.4, -0.2) is 18.5 Å². The van der Waals surface area contributed by atoms with Crippen LogP contribution in [-0.2, 0) is 16.6 Å². The van der Waals surface area contributed by atoms with Gasteiger partial charge in [0.1, 0.15) is 0 Å². The Morgan fingerprint density at radius 3 is 2.75 bits per heavy atom. The van der Waals surface area contributed by atoms with Gasteiger partial charge in [-0.3, -0.25) is 9.71 Å². The summed E-state index contributed by atoms with van der Waals surface area (Å²) in [5.41, 5.74) is 0.758. The third-order valence-electron chi connectivity index (χ3n) is 2.87. The van der Waals surface area contributed by atoms with Crippen LogP contribution in [0.4, 0.5) is 10.1 Å². The van der Waals surface area contributed by atoms with E-state index < -0.39 is 15.8 Å². The Labute approximate surface area is 116 Å². The lowest BCUT2D eigenvalue weighted by Gasteiger charge is -2.12. The number of aromatic nitrogens is 1. The van der Waals surface area contributed by atoms with E-state index in [-0.39, 0.29) is 17.2 Å². The summed E-state index contributed by atoms with van der Waals surface area (Å²) in [6.07, 6.45) is 2.22.